The summed E-state index contributed by atoms with van der Waals surface area (Å²) in [7, 11) is -2.25. The predicted octanol–water partition coefficient (Wildman–Crippen LogP) is 5.01. The summed E-state index contributed by atoms with van der Waals surface area (Å²) >= 11 is 7.13. The van der Waals surface area contributed by atoms with Gasteiger partial charge in [-0.3, -0.25) is 4.79 Å². The fraction of sp³-hybridized carbons (Fsp3) is 0.217. The Hall–Kier alpha value is -2.92. The highest BCUT2D eigenvalue weighted by Crippen LogP contribution is 2.35. The number of thiazole rings is 1. The van der Waals surface area contributed by atoms with Crippen LogP contribution in [0.1, 0.15) is 12.8 Å². The number of anilines is 1. The lowest BCUT2D eigenvalue weighted by molar-refractivity contribution is -0.119. The number of para-hydroxylation sites is 1. The smallest absolute Gasteiger partial charge is 0.244 e. The van der Waals surface area contributed by atoms with Gasteiger partial charge in [0.2, 0.25) is 15.9 Å². The molecule has 2 aromatic heterocycles. The molecule has 2 aromatic carbocycles. The third-order valence-electron chi connectivity index (χ3n) is 5.64. The zero-order valence-corrected chi connectivity index (χ0v) is 20.4. The minimum Gasteiger partial charge on any atom is -0.493 e. The van der Waals surface area contributed by atoms with E-state index in [1.54, 1.807) is 12.5 Å². The van der Waals surface area contributed by atoms with E-state index in [2.05, 4.69) is 10.3 Å². The molecule has 1 aliphatic heterocycles. The summed E-state index contributed by atoms with van der Waals surface area (Å²) < 4.78 is 38.7. The summed E-state index contributed by atoms with van der Waals surface area (Å²) in [5.41, 5.74) is 1.18. The van der Waals surface area contributed by atoms with Gasteiger partial charge in [0.05, 0.1) is 12.0 Å². The van der Waals surface area contributed by atoms with Crippen molar-refractivity contribution >= 4 is 55.0 Å². The molecule has 1 aliphatic rings. The molecule has 176 valence electrons. The minimum absolute atomic E-state index is 0.105. The van der Waals surface area contributed by atoms with Crippen molar-refractivity contribution in [2.75, 3.05) is 19.0 Å². The highest BCUT2D eigenvalue weighted by molar-refractivity contribution is 7.89. The molecule has 1 saturated heterocycles. The van der Waals surface area contributed by atoms with Crippen LogP contribution in [-0.4, -0.2) is 43.3 Å². The van der Waals surface area contributed by atoms with Crippen molar-refractivity contribution in [1.82, 2.24) is 9.29 Å². The number of sulfonamides is 1. The first-order valence-corrected chi connectivity index (χ1v) is 13.2. The van der Waals surface area contributed by atoms with Gasteiger partial charge >= 0.3 is 0 Å². The van der Waals surface area contributed by atoms with Gasteiger partial charge in [0.15, 0.2) is 22.2 Å². The summed E-state index contributed by atoms with van der Waals surface area (Å²) in [6, 6.07) is 12.6. The first-order chi connectivity index (χ1) is 16.4. The molecule has 1 amide bonds. The average Bonchev–Trinajstić information content (AvgIpc) is 3.57. The number of carbonyl (C=O) groups excluding carboxylic acids is 1. The zero-order valence-electron chi connectivity index (χ0n) is 18.0. The number of benzene rings is 2. The number of methoxy groups -OCH3 is 1. The van der Waals surface area contributed by atoms with Crippen molar-refractivity contribution in [2.24, 2.45) is 0 Å². The van der Waals surface area contributed by atoms with Crippen molar-refractivity contribution in [3.05, 3.63) is 58.9 Å². The molecule has 1 fully saturated rings. The van der Waals surface area contributed by atoms with E-state index >= 15 is 0 Å². The quantitative estimate of drug-likeness (QED) is 0.386. The van der Waals surface area contributed by atoms with E-state index in [0.717, 1.165) is 5.39 Å². The molecule has 0 aliphatic carbocycles. The Kier molecular flexibility index (Phi) is 6.07. The number of hydrogen-bond donors (Lipinski definition) is 1. The van der Waals surface area contributed by atoms with Gasteiger partial charge in [-0.15, -0.1) is 11.3 Å². The number of rotatable bonds is 6. The monoisotopic (exact) mass is 517 g/mol. The summed E-state index contributed by atoms with van der Waals surface area (Å²) in [6.07, 6.45) is 1.02. The van der Waals surface area contributed by atoms with Crippen LogP contribution in [0.25, 0.3) is 22.4 Å². The molecule has 1 N–H and O–H groups in total. The molecular formula is C23H20ClN3O5S2. The van der Waals surface area contributed by atoms with Crippen LogP contribution >= 0.6 is 22.9 Å². The number of ether oxygens (including phenoxy) is 1. The molecule has 0 bridgehead atoms. The summed E-state index contributed by atoms with van der Waals surface area (Å²) in [4.78, 5) is 17.6. The lowest BCUT2D eigenvalue weighted by Crippen LogP contribution is -2.43. The van der Waals surface area contributed by atoms with E-state index in [0.29, 0.717) is 45.8 Å². The molecular weight excluding hydrogens is 498 g/mol. The van der Waals surface area contributed by atoms with Gasteiger partial charge in [-0.25, -0.2) is 13.4 Å². The van der Waals surface area contributed by atoms with Crippen LogP contribution in [-0.2, 0) is 14.8 Å². The van der Waals surface area contributed by atoms with Gasteiger partial charge in [-0.2, -0.15) is 4.31 Å². The zero-order chi connectivity index (χ0) is 23.9. The largest absolute Gasteiger partial charge is 0.493 e. The van der Waals surface area contributed by atoms with Crippen LogP contribution < -0.4 is 10.1 Å². The Balaban J connectivity index is 1.34. The lowest BCUT2D eigenvalue weighted by atomic mass is 10.2. The highest BCUT2D eigenvalue weighted by atomic mass is 35.5. The fourth-order valence-electron chi connectivity index (χ4n) is 3.99. The molecule has 5 rings (SSSR count). The Morgan fingerprint density at radius 2 is 2.06 bits per heavy atom. The van der Waals surface area contributed by atoms with Crippen LogP contribution in [0.3, 0.4) is 0 Å². The topological polar surface area (TPSA) is 102 Å². The number of amides is 1. The van der Waals surface area contributed by atoms with Gasteiger partial charge in [-0.05, 0) is 49.2 Å². The second-order valence-corrected chi connectivity index (χ2v) is 10.9. The summed E-state index contributed by atoms with van der Waals surface area (Å²) in [5.74, 6) is 0.752. The van der Waals surface area contributed by atoms with E-state index in [-0.39, 0.29) is 11.4 Å². The number of nitrogens with zero attached hydrogens (tertiary/aromatic N) is 2. The van der Waals surface area contributed by atoms with Crippen LogP contribution in [0, 0.1) is 0 Å². The van der Waals surface area contributed by atoms with Crippen LogP contribution in [0.5, 0.6) is 5.75 Å². The van der Waals surface area contributed by atoms with E-state index in [1.807, 2.05) is 24.3 Å². The van der Waals surface area contributed by atoms with Crippen LogP contribution in [0.15, 0.2) is 63.2 Å². The molecule has 1 atom stereocenters. The van der Waals surface area contributed by atoms with Crippen LogP contribution in [0.4, 0.5) is 5.13 Å². The molecule has 11 heteroatoms. The summed E-state index contributed by atoms with van der Waals surface area (Å²) in [6.45, 7) is 0.271. The number of furan rings is 1. The first-order valence-electron chi connectivity index (χ1n) is 10.5. The number of hydrogen-bond acceptors (Lipinski definition) is 7. The van der Waals surface area contributed by atoms with Crippen molar-refractivity contribution in [2.45, 2.75) is 23.8 Å². The van der Waals surface area contributed by atoms with E-state index in [9.17, 15) is 13.2 Å². The second-order valence-electron chi connectivity index (χ2n) is 7.74. The van der Waals surface area contributed by atoms with E-state index in [1.165, 1.54) is 39.9 Å². The Morgan fingerprint density at radius 1 is 1.26 bits per heavy atom. The number of fused-ring (bicyclic) bond motifs is 1. The van der Waals surface area contributed by atoms with Gasteiger partial charge in [0.25, 0.3) is 0 Å². The summed E-state index contributed by atoms with van der Waals surface area (Å²) in [5, 5.41) is 6.22. The lowest BCUT2D eigenvalue weighted by Gasteiger charge is -2.23. The molecule has 1 unspecified atom stereocenters. The molecule has 3 heterocycles. The molecule has 0 saturated carbocycles. The molecule has 34 heavy (non-hydrogen) atoms. The maximum absolute atomic E-state index is 13.1. The van der Waals surface area contributed by atoms with Gasteiger partial charge in [0, 0.05) is 22.3 Å². The van der Waals surface area contributed by atoms with Crippen molar-refractivity contribution in [1.29, 1.82) is 0 Å². The van der Waals surface area contributed by atoms with Gasteiger partial charge in [0.1, 0.15) is 11.7 Å². The van der Waals surface area contributed by atoms with Gasteiger partial charge < -0.3 is 14.5 Å². The first kappa shape index (κ1) is 22.9. The molecule has 8 nitrogen and oxygen atoms in total. The van der Waals surface area contributed by atoms with E-state index in [4.69, 9.17) is 20.8 Å². The minimum atomic E-state index is -3.83. The molecule has 0 spiro atoms. The van der Waals surface area contributed by atoms with E-state index < -0.39 is 22.0 Å². The number of nitrogens with one attached hydrogen (secondary N) is 1. The Labute approximate surface area is 205 Å². The SMILES string of the molecule is COc1cccc2cc(-c3csc(NC(=O)C4CCCN4S(=O)(=O)c4ccc(Cl)cc4)n3)oc12. The van der Waals surface area contributed by atoms with Crippen molar-refractivity contribution in [3.8, 4) is 17.2 Å². The highest BCUT2D eigenvalue weighted by Gasteiger charge is 2.39. The van der Waals surface area contributed by atoms with Gasteiger partial charge in [-0.1, -0.05) is 23.7 Å². The molecule has 0 radical (unpaired) electrons. The second kappa shape index (κ2) is 9.03. The maximum Gasteiger partial charge on any atom is 0.244 e. The number of carbonyl (C=O) groups is 1. The molecule has 4 aromatic rings. The number of halogens is 1. The van der Waals surface area contributed by atoms with Crippen LogP contribution in [0.2, 0.25) is 5.02 Å². The third kappa shape index (κ3) is 4.18. The Bertz CT molecular complexity index is 1460. The Morgan fingerprint density at radius 3 is 2.82 bits per heavy atom. The average molecular weight is 518 g/mol. The number of aromatic nitrogens is 1. The van der Waals surface area contributed by atoms with Crippen molar-refractivity contribution < 1.29 is 22.4 Å². The standard InChI is InChI=1S/C23H20ClN3O5S2/c1-31-19-6-2-4-14-12-20(32-21(14)19)17-13-33-23(25-17)26-22(28)18-5-3-11-27(18)34(29,30)16-9-7-15(24)8-10-16/h2,4,6-10,12-13,18H,3,5,11H2,1H3,(H,25,26,28). The third-order valence-corrected chi connectivity index (χ3v) is 8.57. The fourth-order valence-corrected chi connectivity index (χ4v) is 6.47. The normalized spacial score (nSPS) is 16.7. The van der Waals surface area contributed by atoms with Crippen molar-refractivity contribution in [3.63, 3.8) is 0 Å². The predicted molar refractivity (Wildman–Crippen MR) is 131 cm³/mol. The maximum atomic E-state index is 13.1.